The van der Waals surface area contributed by atoms with Crippen molar-refractivity contribution in [1.82, 2.24) is 9.97 Å². The summed E-state index contributed by atoms with van der Waals surface area (Å²) in [6, 6.07) is 7.84. The van der Waals surface area contributed by atoms with Gasteiger partial charge in [0.05, 0.1) is 13.7 Å². The molecule has 1 N–H and O–H groups in total. The standard InChI is InChI=1S/C14H16N2O3S/c1-3-19-13(17)12-8-15-14(16-12)20-9-10-4-6-11(18-2)7-5-10/h4-8H,3,9H2,1-2H3,(H,15,16). The Kier molecular flexibility index (Phi) is 5.06. The van der Waals surface area contributed by atoms with E-state index in [9.17, 15) is 4.79 Å². The molecule has 5 nitrogen and oxygen atoms in total. The van der Waals surface area contributed by atoms with Gasteiger partial charge in [0.2, 0.25) is 0 Å². The number of aromatic amines is 1. The summed E-state index contributed by atoms with van der Waals surface area (Å²) in [5.74, 6) is 1.20. The number of rotatable bonds is 6. The van der Waals surface area contributed by atoms with E-state index in [1.165, 1.54) is 11.8 Å². The van der Waals surface area contributed by atoms with Crippen molar-refractivity contribution in [3.8, 4) is 5.75 Å². The molecule has 0 unspecified atom stereocenters. The first-order valence-electron chi connectivity index (χ1n) is 6.21. The van der Waals surface area contributed by atoms with Crippen LogP contribution in [0.4, 0.5) is 0 Å². The molecule has 6 heteroatoms. The van der Waals surface area contributed by atoms with Gasteiger partial charge in [-0.1, -0.05) is 23.9 Å². The largest absolute Gasteiger partial charge is 0.497 e. The number of carbonyl (C=O) groups excluding carboxylic acids is 1. The van der Waals surface area contributed by atoms with Gasteiger partial charge in [-0.2, -0.15) is 0 Å². The number of methoxy groups -OCH3 is 1. The third-order valence-corrected chi connectivity index (χ3v) is 3.53. The van der Waals surface area contributed by atoms with Gasteiger partial charge in [-0.15, -0.1) is 0 Å². The van der Waals surface area contributed by atoms with E-state index >= 15 is 0 Å². The van der Waals surface area contributed by atoms with E-state index in [-0.39, 0.29) is 0 Å². The number of hydrogen-bond acceptors (Lipinski definition) is 5. The molecule has 0 radical (unpaired) electrons. The van der Waals surface area contributed by atoms with Crippen molar-refractivity contribution >= 4 is 17.7 Å². The third kappa shape index (κ3) is 3.77. The van der Waals surface area contributed by atoms with E-state index in [1.807, 2.05) is 24.3 Å². The number of carbonyl (C=O) groups is 1. The van der Waals surface area contributed by atoms with Crippen LogP contribution in [0, 0.1) is 0 Å². The molecule has 2 aromatic rings. The Balaban J connectivity index is 1.91. The molecule has 0 aliphatic rings. The van der Waals surface area contributed by atoms with Crippen LogP contribution in [-0.2, 0) is 10.5 Å². The first-order chi connectivity index (χ1) is 9.72. The molecule has 1 heterocycles. The van der Waals surface area contributed by atoms with Gasteiger partial charge in [-0.3, -0.25) is 0 Å². The summed E-state index contributed by atoms with van der Waals surface area (Å²) >= 11 is 1.53. The van der Waals surface area contributed by atoms with Crippen LogP contribution >= 0.6 is 11.8 Å². The van der Waals surface area contributed by atoms with Crippen molar-refractivity contribution in [3.05, 3.63) is 41.7 Å². The number of esters is 1. The predicted molar refractivity (Wildman–Crippen MR) is 77.1 cm³/mol. The molecule has 2 rings (SSSR count). The molecule has 0 aliphatic carbocycles. The van der Waals surface area contributed by atoms with E-state index in [2.05, 4.69) is 9.97 Å². The third-order valence-electron chi connectivity index (χ3n) is 2.57. The fraction of sp³-hybridized carbons (Fsp3) is 0.286. The van der Waals surface area contributed by atoms with Crippen molar-refractivity contribution in [2.24, 2.45) is 0 Å². The lowest BCUT2D eigenvalue weighted by molar-refractivity contribution is 0.0519. The minimum absolute atomic E-state index is 0.309. The molecular formula is C14H16N2O3S. The lowest BCUT2D eigenvalue weighted by Crippen LogP contribution is -2.04. The summed E-state index contributed by atoms with van der Waals surface area (Å²) in [5, 5.41) is 0.698. The number of nitrogens with one attached hydrogen (secondary N) is 1. The van der Waals surface area contributed by atoms with E-state index in [4.69, 9.17) is 9.47 Å². The van der Waals surface area contributed by atoms with E-state index < -0.39 is 5.97 Å². The van der Waals surface area contributed by atoms with E-state index in [0.717, 1.165) is 17.1 Å². The fourth-order valence-electron chi connectivity index (χ4n) is 1.56. The number of imidazole rings is 1. The number of thioether (sulfide) groups is 1. The lowest BCUT2D eigenvalue weighted by atomic mass is 10.2. The average molecular weight is 292 g/mol. The van der Waals surface area contributed by atoms with Crippen molar-refractivity contribution < 1.29 is 14.3 Å². The van der Waals surface area contributed by atoms with Crippen LogP contribution in [0.3, 0.4) is 0 Å². The second-order valence-corrected chi connectivity index (χ2v) is 4.91. The Morgan fingerprint density at radius 3 is 2.75 bits per heavy atom. The topological polar surface area (TPSA) is 64.2 Å². The summed E-state index contributed by atoms with van der Waals surface area (Å²) in [5.41, 5.74) is 1.47. The Labute approximate surface area is 121 Å². The van der Waals surface area contributed by atoms with Crippen LogP contribution < -0.4 is 4.74 Å². The molecule has 0 saturated heterocycles. The Morgan fingerprint density at radius 2 is 2.10 bits per heavy atom. The first kappa shape index (κ1) is 14.5. The van der Waals surface area contributed by atoms with Crippen molar-refractivity contribution in [2.45, 2.75) is 17.8 Å². The van der Waals surface area contributed by atoms with Crippen LogP contribution in [0.15, 0.2) is 35.6 Å². The number of aromatic nitrogens is 2. The number of H-pyrrole nitrogens is 1. The summed E-state index contributed by atoms with van der Waals surface area (Å²) in [4.78, 5) is 18.6. The normalized spacial score (nSPS) is 10.3. The van der Waals surface area contributed by atoms with Gasteiger partial charge >= 0.3 is 5.97 Å². The maximum atomic E-state index is 11.5. The molecular weight excluding hydrogens is 276 g/mol. The summed E-state index contributed by atoms with van der Waals surface area (Å²) in [6.45, 7) is 2.11. The Bertz CT molecular complexity index is 566. The molecule has 20 heavy (non-hydrogen) atoms. The van der Waals surface area contributed by atoms with Gasteiger partial charge in [0.25, 0.3) is 0 Å². The fourth-order valence-corrected chi connectivity index (χ4v) is 2.36. The summed E-state index contributed by atoms with van der Waals surface area (Å²) < 4.78 is 9.99. The maximum absolute atomic E-state index is 11.5. The second-order valence-electron chi connectivity index (χ2n) is 3.95. The van der Waals surface area contributed by atoms with Gasteiger partial charge in [0.1, 0.15) is 5.75 Å². The minimum Gasteiger partial charge on any atom is -0.497 e. The van der Waals surface area contributed by atoms with Gasteiger partial charge in [-0.25, -0.2) is 9.78 Å². The summed E-state index contributed by atoms with van der Waals surface area (Å²) in [7, 11) is 1.64. The molecule has 0 aliphatic heterocycles. The SMILES string of the molecule is CCOC(=O)c1c[nH]c(SCc2ccc(OC)cc2)n1. The van der Waals surface area contributed by atoms with Crippen LogP contribution in [0.1, 0.15) is 23.0 Å². The van der Waals surface area contributed by atoms with E-state index in [0.29, 0.717) is 17.5 Å². The smallest absolute Gasteiger partial charge is 0.358 e. The highest BCUT2D eigenvalue weighted by molar-refractivity contribution is 7.98. The Morgan fingerprint density at radius 1 is 1.35 bits per heavy atom. The Hall–Kier alpha value is -1.95. The van der Waals surface area contributed by atoms with Crippen LogP contribution in [0.2, 0.25) is 0 Å². The minimum atomic E-state index is -0.403. The zero-order valence-corrected chi connectivity index (χ0v) is 12.2. The monoisotopic (exact) mass is 292 g/mol. The quantitative estimate of drug-likeness (QED) is 0.655. The van der Waals surface area contributed by atoms with Gasteiger partial charge in [-0.05, 0) is 24.6 Å². The molecule has 1 aromatic carbocycles. The number of ether oxygens (including phenoxy) is 2. The zero-order chi connectivity index (χ0) is 14.4. The number of nitrogens with zero attached hydrogens (tertiary/aromatic N) is 1. The second kappa shape index (κ2) is 7.00. The summed E-state index contributed by atoms with van der Waals surface area (Å²) in [6.07, 6.45) is 1.56. The van der Waals surface area contributed by atoms with Gasteiger partial charge in [0.15, 0.2) is 10.9 Å². The number of benzene rings is 1. The average Bonchev–Trinajstić information content (AvgIpc) is 2.95. The van der Waals surface area contributed by atoms with Crippen LogP contribution in [-0.4, -0.2) is 29.7 Å². The highest BCUT2D eigenvalue weighted by Crippen LogP contribution is 2.21. The molecule has 0 fully saturated rings. The molecule has 106 valence electrons. The predicted octanol–water partition coefficient (Wildman–Crippen LogP) is 2.89. The van der Waals surface area contributed by atoms with Crippen LogP contribution in [0.25, 0.3) is 0 Å². The van der Waals surface area contributed by atoms with Crippen molar-refractivity contribution in [3.63, 3.8) is 0 Å². The van der Waals surface area contributed by atoms with E-state index in [1.54, 1.807) is 20.2 Å². The zero-order valence-electron chi connectivity index (χ0n) is 11.4. The maximum Gasteiger partial charge on any atom is 0.358 e. The molecule has 0 amide bonds. The molecule has 0 saturated carbocycles. The number of hydrogen-bond donors (Lipinski definition) is 1. The molecule has 0 spiro atoms. The van der Waals surface area contributed by atoms with Crippen LogP contribution in [0.5, 0.6) is 5.75 Å². The van der Waals surface area contributed by atoms with Gasteiger partial charge in [0, 0.05) is 11.9 Å². The highest BCUT2D eigenvalue weighted by atomic mass is 32.2. The van der Waals surface area contributed by atoms with Crippen molar-refractivity contribution in [1.29, 1.82) is 0 Å². The highest BCUT2D eigenvalue weighted by Gasteiger charge is 2.11. The first-order valence-corrected chi connectivity index (χ1v) is 7.19. The van der Waals surface area contributed by atoms with Gasteiger partial charge < -0.3 is 14.5 Å². The van der Waals surface area contributed by atoms with Crippen molar-refractivity contribution in [2.75, 3.05) is 13.7 Å². The molecule has 1 aromatic heterocycles. The lowest BCUT2D eigenvalue weighted by Gasteiger charge is -2.02. The molecule has 0 bridgehead atoms. The molecule has 0 atom stereocenters.